The molecule has 1 aliphatic rings. The van der Waals surface area contributed by atoms with Gasteiger partial charge >= 0.3 is 0 Å². The van der Waals surface area contributed by atoms with E-state index in [2.05, 4.69) is 24.0 Å². The molecule has 1 aromatic heterocycles. The number of rotatable bonds is 7. The summed E-state index contributed by atoms with van der Waals surface area (Å²) in [7, 11) is 2.10. The Kier molecular flexibility index (Phi) is 6.08. The van der Waals surface area contributed by atoms with Gasteiger partial charge in [-0.1, -0.05) is 31.4 Å². The summed E-state index contributed by atoms with van der Waals surface area (Å²) in [6.07, 6.45) is 5.35. The van der Waals surface area contributed by atoms with E-state index in [1.165, 1.54) is 0 Å². The van der Waals surface area contributed by atoms with Crippen LogP contribution in [0.4, 0.5) is 0 Å². The molecule has 0 radical (unpaired) electrons. The Labute approximate surface area is 133 Å². The van der Waals surface area contributed by atoms with E-state index in [0.717, 1.165) is 68.1 Å². The van der Waals surface area contributed by atoms with Crippen LogP contribution in [-0.4, -0.2) is 39.5 Å². The highest BCUT2D eigenvalue weighted by Gasteiger charge is 2.26. The highest BCUT2D eigenvalue weighted by atomic mass is 35.5. The van der Waals surface area contributed by atoms with Gasteiger partial charge in [0.25, 0.3) is 0 Å². The van der Waals surface area contributed by atoms with Crippen LogP contribution >= 0.6 is 11.6 Å². The second-order valence-corrected chi connectivity index (χ2v) is 6.74. The standard InChI is InChI=1S/C16H28ClN3O/c1-4-5-9-20-16(17)14(12(2)18-20)11-19(3)10-13-7-6-8-15(13)21/h13,15,21H,4-11H2,1-3H3. The number of aliphatic hydroxyl groups is 1. The van der Waals surface area contributed by atoms with Crippen molar-refractivity contribution in [3.05, 3.63) is 16.4 Å². The van der Waals surface area contributed by atoms with E-state index < -0.39 is 0 Å². The number of hydrogen-bond acceptors (Lipinski definition) is 3. The van der Waals surface area contributed by atoms with Crippen molar-refractivity contribution < 1.29 is 5.11 Å². The lowest BCUT2D eigenvalue weighted by atomic mass is 10.1. The Morgan fingerprint density at radius 2 is 2.19 bits per heavy atom. The molecule has 0 spiro atoms. The summed E-state index contributed by atoms with van der Waals surface area (Å²) >= 11 is 6.48. The number of halogens is 1. The van der Waals surface area contributed by atoms with Crippen LogP contribution in [0.1, 0.15) is 50.3 Å². The molecular weight excluding hydrogens is 286 g/mol. The normalized spacial score (nSPS) is 22.4. The third kappa shape index (κ3) is 4.21. The van der Waals surface area contributed by atoms with Gasteiger partial charge in [-0.15, -0.1) is 0 Å². The van der Waals surface area contributed by atoms with E-state index in [1.54, 1.807) is 0 Å². The minimum absolute atomic E-state index is 0.128. The van der Waals surface area contributed by atoms with E-state index >= 15 is 0 Å². The van der Waals surface area contributed by atoms with Crippen molar-refractivity contribution in [1.29, 1.82) is 0 Å². The lowest BCUT2D eigenvalue weighted by Gasteiger charge is -2.23. The smallest absolute Gasteiger partial charge is 0.131 e. The van der Waals surface area contributed by atoms with Crippen LogP contribution < -0.4 is 0 Å². The van der Waals surface area contributed by atoms with Crippen molar-refractivity contribution in [2.45, 2.75) is 65.1 Å². The molecule has 1 heterocycles. The molecule has 1 aliphatic carbocycles. The van der Waals surface area contributed by atoms with E-state index in [0.29, 0.717) is 5.92 Å². The number of hydrogen-bond donors (Lipinski definition) is 1. The summed E-state index contributed by atoms with van der Waals surface area (Å²) in [5.41, 5.74) is 2.15. The topological polar surface area (TPSA) is 41.3 Å². The van der Waals surface area contributed by atoms with Crippen molar-refractivity contribution in [2.24, 2.45) is 5.92 Å². The third-order valence-corrected chi connectivity index (χ3v) is 4.92. The summed E-state index contributed by atoms with van der Waals surface area (Å²) in [5.74, 6) is 0.407. The van der Waals surface area contributed by atoms with Crippen LogP contribution in [0.15, 0.2) is 0 Å². The van der Waals surface area contributed by atoms with Crippen LogP contribution in [-0.2, 0) is 13.1 Å². The van der Waals surface area contributed by atoms with Crippen LogP contribution in [0.5, 0.6) is 0 Å². The van der Waals surface area contributed by atoms with E-state index in [9.17, 15) is 5.11 Å². The largest absolute Gasteiger partial charge is 0.393 e. The van der Waals surface area contributed by atoms with Gasteiger partial charge in [0.2, 0.25) is 0 Å². The Morgan fingerprint density at radius 3 is 2.81 bits per heavy atom. The van der Waals surface area contributed by atoms with Crippen molar-refractivity contribution >= 4 is 11.6 Å². The molecule has 5 heteroatoms. The highest BCUT2D eigenvalue weighted by molar-refractivity contribution is 6.30. The molecule has 4 nitrogen and oxygen atoms in total. The fraction of sp³-hybridized carbons (Fsp3) is 0.812. The molecule has 21 heavy (non-hydrogen) atoms. The maximum absolute atomic E-state index is 9.95. The van der Waals surface area contributed by atoms with Crippen LogP contribution in [0.2, 0.25) is 5.15 Å². The molecule has 1 fully saturated rings. The average Bonchev–Trinajstić information content (AvgIpc) is 2.95. The van der Waals surface area contributed by atoms with Crippen LogP contribution in [0, 0.1) is 12.8 Å². The first-order chi connectivity index (χ1) is 10.0. The fourth-order valence-corrected chi connectivity index (χ4v) is 3.51. The molecule has 0 amide bonds. The quantitative estimate of drug-likeness (QED) is 0.840. The van der Waals surface area contributed by atoms with Gasteiger partial charge in [-0.25, -0.2) is 0 Å². The summed E-state index contributed by atoms with van der Waals surface area (Å²) in [6, 6.07) is 0. The van der Waals surface area contributed by atoms with Gasteiger partial charge in [-0.3, -0.25) is 4.68 Å². The van der Waals surface area contributed by atoms with Gasteiger partial charge in [-0.2, -0.15) is 5.10 Å². The van der Waals surface area contributed by atoms with Crippen LogP contribution in [0.3, 0.4) is 0 Å². The Bertz CT molecular complexity index is 461. The van der Waals surface area contributed by atoms with Crippen molar-refractivity contribution in [1.82, 2.24) is 14.7 Å². The zero-order valence-electron chi connectivity index (χ0n) is 13.5. The second-order valence-electron chi connectivity index (χ2n) is 6.39. The first-order valence-electron chi connectivity index (χ1n) is 8.11. The van der Waals surface area contributed by atoms with Gasteiger partial charge in [0.15, 0.2) is 0 Å². The minimum Gasteiger partial charge on any atom is -0.393 e. The second kappa shape index (κ2) is 7.61. The molecule has 2 unspecified atom stereocenters. The number of aromatic nitrogens is 2. The van der Waals surface area contributed by atoms with Crippen LogP contribution in [0.25, 0.3) is 0 Å². The number of aliphatic hydroxyl groups excluding tert-OH is 1. The van der Waals surface area contributed by atoms with Crippen molar-refractivity contribution in [3.8, 4) is 0 Å². The molecule has 1 aromatic rings. The Balaban J connectivity index is 1.96. The zero-order valence-corrected chi connectivity index (χ0v) is 14.2. The summed E-state index contributed by atoms with van der Waals surface area (Å²) in [6.45, 7) is 6.83. The average molecular weight is 314 g/mol. The molecule has 0 aliphatic heterocycles. The first kappa shape index (κ1) is 16.8. The van der Waals surface area contributed by atoms with Gasteiger partial charge in [-0.05, 0) is 39.2 Å². The van der Waals surface area contributed by atoms with Gasteiger partial charge in [0, 0.05) is 25.2 Å². The molecule has 0 bridgehead atoms. The Morgan fingerprint density at radius 1 is 1.43 bits per heavy atom. The lowest BCUT2D eigenvalue weighted by molar-refractivity contribution is 0.108. The monoisotopic (exact) mass is 313 g/mol. The molecular formula is C16H28ClN3O. The highest BCUT2D eigenvalue weighted by Crippen LogP contribution is 2.27. The van der Waals surface area contributed by atoms with Gasteiger partial charge < -0.3 is 10.0 Å². The fourth-order valence-electron chi connectivity index (χ4n) is 3.19. The van der Waals surface area contributed by atoms with Gasteiger partial charge in [0.05, 0.1) is 11.8 Å². The van der Waals surface area contributed by atoms with Gasteiger partial charge in [0.1, 0.15) is 5.15 Å². The number of aryl methyl sites for hydroxylation is 2. The first-order valence-corrected chi connectivity index (χ1v) is 8.49. The Hall–Kier alpha value is -0.580. The van der Waals surface area contributed by atoms with Crippen molar-refractivity contribution in [3.63, 3.8) is 0 Å². The molecule has 0 saturated heterocycles. The number of unbranched alkanes of at least 4 members (excludes halogenated alkanes) is 1. The summed E-state index contributed by atoms with van der Waals surface area (Å²) in [5, 5.41) is 15.3. The van der Waals surface area contributed by atoms with E-state index in [4.69, 9.17) is 11.6 Å². The molecule has 0 aromatic carbocycles. The van der Waals surface area contributed by atoms with E-state index in [1.807, 2.05) is 11.6 Å². The summed E-state index contributed by atoms with van der Waals surface area (Å²) < 4.78 is 1.92. The minimum atomic E-state index is -0.128. The van der Waals surface area contributed by atoms with E-state index in [-0.39, 0.29) is 6.10 Å². The molecule has 2 atom stereocenters. The number of nitrogens with zero attached hydrogens (tertiary/aromatic N) is 3. The predicted octanol–water partition coefficient (Wildman–Crippen LogP) is 3.24. The SMILES string of the molecule is CCCCn1nc(C)c(CN(C)CC2CCCC2O)c1Cl. The maximum Gasteiger partial charge on any atom is 0.131 e. The lowest BCUT2D eigenvalue weighted by Crippen LogP contribution is -2.29. The maximum atomic E-state index is 9.95. The van der Waals surface area contributed by atoms with Crippen molar-refractivity contribution in [2.75, 3.05) is 13.6 Å². The molecule has 2 rings (SSSR count). The predicted molar refractivity (Wildman–Crippen MR) is 86.6 cm³/mol. The molecule has 1 N–H and O–H groups in total. The third-order valence-electron chi connectivity index (χ3n) is 4.50. The zero-order chi connectivity index (χ0) is 15.4. The molecule has 1 saturated carbocycles. The molecule has 120 valence electrons. The summed E-state index contributed by atoms with van der Waals surface area (Å²) in [4.78, 5) is 2.26.